The average Bonchev–Trinajstić information content (AvgIpc) is 2.77. The molecular formula is C24H30N4O2S. The smallest absolute Gasteiger partial charge is 0.243 e. The second-order valence-corrected chi connectivity index (χ2v) is 12.3. The molecule has 0 atom stereocenters. The fraction of sp³-hybridized carbons (Fsp3) is 0.583. The van der Waals surface area contributed by atoms with Crippen LogP contribution in [-0.2, 0) is 23.0 Å². The molecule has 5 aliphatic rings. The summed E-state index contributed by atoms with van der Waals surface area (Å²) in [6, 6.07) is 8.67. The lowest BCUT2D eigenvalue weighted by molar-refractivity contribution is -0.0444. The van der Waals surface area contributed by atoms with Crippen molar-refractivity contribution in [3.63, 3.8) is 0 Å². The van der Waals surface area contributed by atoms with E-state index in [0.717, 1.165) is 41.4 Å². The van der Waals surface area contributed by atoms with E-state index in [0.29, 0.717) is 29.8 Å². The fourth-order valence-corrected chi connectivity index (χ4v) is 8.63. The molecule has 4 aliphatic carbocycles. The Labute approximate surface area is 184 Å². The van der Waals surface area contributed by atoms with E-state index in [1.807, 2.05) is 6.07 Å². The lowest BCUT2D eigenvalue weighted by Gasteiger charge is -2.57. The third-order valence-corrected chi connectivity index (χ3v) is 10.0. The zero-order valence-corrected chi connectivity index (χ0v) is 18.7. The van der Waals surface area contributed by atoms with Gasteiger partial charge in [-0.3, -0.25) is 0 Å². The number of hydrogen-bond donors (Lipinski definition) is 1. The molecule has 4 fully saturated rings. The minimum atomic E-state index is -3.51. The van der Waals surface area contributed by atoms with E-state index in [1.54, 1.807) is 34.9 Å². The molecule has 7 rings (SSSR count). The first-order chi connectivity index (χ1) is 15.0. The highest BCUT2D eigenvalue weighted by molar-refractivity contribution is 7.89. The monoisotopic (exact) mass is 438 g/mol. The van der Waals surface area contributed by atoms with Gasteiger partial charge in [0.25, 0.3) is 0 Å². The van der Waals surface area contributed by atoms with E-state index >= 15 is 0 Å². The molecule has 0 unspecified atom stereocenters. The molecule has 1 aliphatic heterocycles. The second kappa shape index (κ2) is 7.27. The largest absolute Gasteiger partial charge is 0.369 e. The molecule has 2 aromatic rings. The maximum absolute atomic E-state index is 13.0. The van der Waals surface area contributed by atoms with Crippen molar-refractivity contribution in [2.24, 2.45) is 23.2 Å². The summed E-state index contributed by atoms with van der Waals surface area (Å²) in [5, 5.41) is 3.70. The highest BCUT2D eigenvalue weighted by Gasteiger charge is 2.50. The summed E-state index contributed by atoms with van der Waals surface area (Å²) in [4.78, 5) is 9.36. The van der Waals surface area contributed by atoms with Gasteiger partial charge in [0, 0.05) is 18.7 Å². The molecule has 4 saturated carbocycles. The van der Waals surface area contributed by atoms with Crippen LogP contribution < -0.4 is 5.32 Å². The number of benzene rings is 1. The molecule has 0 saturated heterocycles. The summed E-state index contributed by atoms with van der Waals surface area (Å²) in [5.74, 6) is 3.72. The Bertz CT molecular complexity index is 1050. The molecule has 1 aromatic heterocycles. The number of aromatic nitrogens is 2. The van der Waals surface area contributed by atoms with Crippen molar-refractivity contribution in [1.29, 1.82) is 0 Å². The van der Waals surface area contributed by atoms with Gasteiger partial charge in [-0.05, 0) is 80.2 Å². The maximum atomic E-state index is 13.0. The van der Waals surface area contributed by atoms with Gasteiger partial charge in [0.1, 0.15) is 12.1 Å². The average molecular weight is 439 g/mol. The first-order valence-corrected chi connectivity index (χ1v) is 13.1. The molecule has 31 heavy (non-hydrogen) atoms. The summed E-state index contributed by atoms with van der Waals surface area (Å²) >= 11 is 0. The molecule has 164 valence electrons. The van der Waals surface area contributed by atoms with Gasteiger partial charge in [-0.25, -0.2) is 18.4 Å². The third kappa shape index (κ3) is 3.46. The van der Waals surface area contributed by atoms with Gasteiger partial charge in [0.2, 0.25) is 10.0 Å². The van der Waals surface area contributed by atoms with E-state index in [-0.39, 0.29) is 0 Å². The number of nitrogens with one attached hydrogen (secondary N) is 1. The normalized spacial score (nSPS) is 32.1. The van der Waals surface area contributed by atoms with Gasteiger partial charge in [-0.15, -0.1) is 0 Å². The zero-order chi connectivity index (χ0) is 21.1. The molecule has 7 heteroatoms. The van der Waals surface area contributed by atoms with Crippen molar-refractivity contribution in [3.05, 3.63) is 47.9 Å². The Morgan fingerprint density at radius 3 is 2.35 bits per heavy atom. The van der Waals surface area contributed by atoms with E-state index in [9.17, 15) is 8.42 Å². The predicted octanol–water partition coefficient (Wildman–Crippen LogP) is 3.85. The van der Waals surface area contributed by atoms with Crippen LogP contribution in [0.2, 0.25) is 0 Å². The topological polar surface area (TPSA) is 75.2 Å². The fourth-order valence-electron chi connectivity index (χ4n) is 7.21. The Kier molecular flexibility index (Phi) is 4.62. The summed E-state index contributed by atoms with van der Waals surface area (Å²) in [6.07, 6.45) is 10.7. The number of rotatable bonds is 5. The van der Waals surface area contributed by atoms with Gasteiger partial charge in [-0.2, -0.15) is 4.31 Å². The summed E-state index contributed by atoms with van der Waals surface area (Å²) in [6.45, 7) is 1.76. The first-order valence-electron chi connectivity index (χ1n) is 11.6. The lowest BCUT2D eigenvalue weighted by Crippen LogP contribution is -2.49. The van der Waals surface area contributed by atoms with E-state index in [4.69, 9.17) is 0 Å². The highest BCUT2D eigenvalue weighted by atomic mass is 32.2. The predicted molar refractivity (Wildman–Crippen MR) is 119 cm³/mol. The lowest BCUT2D eigenvalue weighted by atomic mass is 9.49. The van der Waals surface area contributed by atoms with Crippen LogP contribution in [0.1, 0.15) is 49.8 Å². The van der Waals surface area contributed by atoms with Crippen LogP contribution >= 0.6 is 0 Å². The van der Waals surface area contributed by atoms with Gasteiger partial charge in [-0.1, -0.05) is 18.2 Å². The Morgan fingerprint density at radius 2 is 1.68 bits per heavy atom. The molecule has 0 radical (unpaired) electrons. The maximum Gasteiger partial charge on any atom is 0.243 e. The summed E-state index contributed by atoms with van der Waals surface area (Å²) in [7, 11) is -3.51. The van der Waals surface area contributed by atoms with Crippen molar-refractivity contribution < 1.29 is 8.42 Å². The molecular weight excluding hydrogens is 408 g/mol. The highest BCUT2D eigenvalue weighted by Crippen LogP contribution is 2.59. The van der Waals surface area contributed by atoms with Gasteiger partial charge >= 0.3 is 0 Å². The minimum Gasteiger partial charge on any atom is -0.369 e. The molecule has 1 N–H and O–H groups in total. The van der Waals surface area contributed by atoms with Crippen LogP contribution in [0, 0.1) is 23.2 Å². The summed E-state index contributed by atoms with van der Waals surface area (Å²) < 4.78 is 27.6. The van der Waals surface area contributed by atoms with Crippen LogP contribution in [0.5, 0.6) is 0 Å². The summed E-state index contributed by atoms with van der Waals surface area (Å²) in [5.41, 5.74) is 2.35. The molecule has 1 aromatic carbocycles. The van der Waals surface area contributed by atoms with Crippen LogP contribution in [0.3, 0.4) is 0 Å². The number of hydrogen-bond acceptors (Lipinski definition) is 5. The van der Waals surface area contributed by atoms with Crippen LogP contribution in [0.15, 0.2) is 41.6 Å². The van der Waals surface area contributed by atoms with E-state index < -0.39 is 10.0 Å². The quantitative estimate of drug-likeness (QED) is 0.767. The zero-order valence-electron chi connectivity index (χ0n) is 17.8. The molecule has 4 bridgehead atoms. The molecule has 6 nitrogen and oxygen atoms in total. The molecule has 0 spiro atoms. The number of sulfonamides is 1. The molecule has 2 heterocycles. The van der Waals surface area contributed by atoms with E-state index in [1.165, 1.54) is 38.5 Å². The Hall–Kier alpha value is -1.99. The van der Waals surface area contributed by atoms with Gasteiger partial charge in [0.15, 0.2) is 0 Å². The van der Waals surface area contributed by atoms with Crippen LogP contribution in [0.25, 0.3) is 0 Å². The molecule has 0 amide bonds. The first kappa shape index (κ1) is 19.7. The van der Waals surface area contributed by atoms with Crippen LogP contribution in [-0.4, -0.2) is 35.8 Å². The second-order valence-electron chi connectivity index (χ2n) is 10.3. The minimum absolute atomic E-state index is 0.307. The third-order valence-electron chi connectivity index (χ3n) is 8.15. The van der Waals surface area contributed by atoms with Crippen molar-refractivity contribution in [2.45, 2.75) is 56.4 Å². The number of fused-ring (bicyclic) bond motifs is 1. The van der Waals surface area contributed by atoms with Crippen molar-refractivity contribution in [2.75, 3.05) is 18.4 Å². The van der Waals surface area contributed by atoms with E-state index in [2.05, 4.69) is 15.3 Å². The Balaban J connectivity index is 1.20. The van der Waals surface area contributed by atoms with Crippen LogP contribution in [0.4, 0.5) is 5.82 Å². The Morgan fingerprint density at radius 1 is 1.00 bits per heavy atom. The number of anilines is 1. The van der Waals surface area contributed by atoms with Crippen molar-refractivity contribution >= 4 is 15.8 Å². The van der Waals surface area contributed by atoms with Crippen molar-refractivity contribution in [1.82, 2.24) is 14.3 Å². The SMILES string of the molecule is O=S(=O)(c1ccccc1)N1CCc2c(ncnc2NCC23CC4CC(CC(C4)C2)C3)C1. The van der Waals surface area contributed by atoms with Crippen molar-refractivity contribution in [3.8, 4) is 0 Å². The number of nitrogens with zero attached hydrogens (tertiary/aromatic N) is 3. The standard InChI is InChI=1S/C24H30N4O2S/c29-31(30,20-4-2-1-3-5-20)28-7-6-21-22(14-28)26-16-27-23(21)25-15-24-11-17-8-18(12-24)10-19(9-17)13-24/h1-5,16-19H,6-15H2,(H,25,26,27). The van der Waals surface area contributed by atoms with Gasteiger partial charge in [0.05, 0.1) is 17.1 Å². The van der Waals surface area contributed by atoms with Gasteiger partial charge < -0.3 is 5.32 Å².